The van der Waals surface area contributed by atoms with Gasteiger partial charge >= 0.3 is 17.0 Å². The first kappa shape index (κ1) is 29.5. The molecule has 7 heterocycles. The number of ether oxygens (including phenoxy) is 2. The Labute approximate surface area is 250 Å². The minimum absolute atomic E-state index is 0.00367. The molecule has 0 radical (unpaired) electrons. The number of hydrogen-bond donors (Lipinski definition) is 5. The van der Waals surface area contributed by atoms with Gasteiger partial charge in [-0.1, -0.05) is 0 Å². The number of aromatic nitrogens is 8. The molecule has 4 aromatic rings. The van der Waals surface area contributed by atoms with Gasteiger partial charge in [-0.15, -0.1) is 0 Å². The van der Waals surface area contributed by atoms with E-state index in [-0.39, 0.29) is 47.1 Å². The van der Waals surface area contributed by atoms with Crippen LogP contribution in [0.1, 0.15) is 18.9 Å². The van der Waals surface area contributed by atoms with Crippen molar-refractivity contribution < 1.29 is 40.4 Å². The van der Waals surface area contributed by atoms with E-state index in [1.807, 2.05) is 0 Å². The van der Waals surface area contributed by atoms with Gasteiger partial charge in [0, 0.05) is 13.0 Å². The summed E-state index contributed by atoms with van der Waals surface area (Å²) in [6.07, 6.45) is -6.10. The third-order valence-electron chi connectivity index (χ3n) is 7.19. The number of anilines is 2. The molecule has 4 aromatic heterocycles. The number of imidazole rings is 2. The van der Waals surface area contributed by atoms with Crippen LogP contribution in [0.15, 0.2) is 23.8 Å². The zero-order valence-corrected chi connectivity index (χ0v) is 24.6. The van der Waals surface area contributed by atoms with Crippen molar-refractivity contribution in [2.45, 2.75) is 49.5 Å². The summed E-state index contributed by atoms with van der Waals surface area (Å²) < 4.78 is 75.1. The monoisotopic (exact) mass is 675 g/mol. The van der Waals surface area contributed by atoms with Gasteiger partial charge in [0.05, 0.1) is 25.4 Å². The van der Waals surface area contributed by atoms with Crippen molar-refractivity contribution in [3.05, 3.63) is 29.3 Å². The van der Waals surface area contributed by atoms with Crippen molar-refractivity contribution in [2.24, 2.45) is 0 Å². The summed E-state index contributed by atoms with van der Waals surface area (Å²) in [4.78, 5) is 45.8. The molecule has 0 aliphatic carbocycles. The first-order valence-corrected chi connectivity index (χ1v) is 16.8. The lowest BCUT2D eigenvalue weighted by Crippen LogP contribution is -2.41. The molecule has 0 spiro atoms. The highest BCUT2D eigenvalue weighted by atomic mass is 32.5. The maximum absolute atomic E-state index is 15.9. The second kappa shape index (κ2) is 10.7. The Hall–Kier alpha value is -3.25. The number of hydrogen-bond acceptors (Lipinski definition) is 16. The Morgan fingerprint density at radius 1 is 1.07 bits per heavy atom. The highest BCUT2D eigenvalue weighted by molar-refractivity contribution is 8.07. The van der Waals surface area contributed by atoms with Crippen molar-refractivity contribution >= 4 is 62.9 Å². The molecule has 3 fully saturated rings. The van der Waals surface area contributed by atoms with E-state index >= 15 is 4.39 Å². The number of alkyl halides is 1. The predicted molar refractivity (Wildman–Crippen MR) is 149 cm³/mol. The van der Waals surface area contributed by atoms with Crippen molar-refractivity contribution in [1.82, 2.24) is 43.8 Å². The molecule has 7 N–H and O–H groups in total. The van der Waals surface area contributed by atoms with Gasteiger partial charge in [-0.25, -0.2) is 28.5 Å². The number of H-pyrrole nitrogens is 1. The van der Waals surface area contributed by atoms with E-state index in [4.69, 9.17) is 46.0 Å². The second-order valence-electron chi connectivity index (χ2n) is 10.0. The molecule has 3 aliphatic rings. The third-order valence-corrected chi connectivity index (χ3v) is 9.78. The molecular weight excluding hydrogens is 652 g/mol. The van der Waals surface area contributed by atoms with E-state index in [1.54, 1.807) is 0 Å². The molecule has 2 bridgehead atoms. The molecule has 20 nitrogen and oxygen atoms in total. The van der Waals surface area contributed by atoms with Crippen LogP contribution >= 0.6 is 6.72 Å². The third kappa shape index (κ3) is 5.23. The molecule has 3 aliphatic heterocycles. The van der Waals surface area contributed by atoms with E-state index in [1.165, 1.54) is 21.8 Å². The fourth-order valence-electron chi connectivity index (χ4n) is 5.28. The minimum atomic E-state index is -4.61. The Morgan fingerprint density at radius 3 is 2.61 bits per heavy atom. The maximum Gasteiger partial charge on any atom is 0.336 e. The van der Waals surface area contributed by atoms with Crippen LogP contribution in [0.4, 0.5) is 16.2 Å². The molecule has 0 saturated carbocycles. The lowest BCUT2D eigenvalue weighted by atomic mass is 10.1. The smallest absolute Gasteiger partial charge is 0.336 e. The van der Waals surface area contributed by atoms with E-state index in [2.05, 4.69) is 34.6 Å². The Balaban J connectivity index is 1.19. The second-order valence-corrected chi connectivity index (χ2v) is 14.2. The Kier molecular flexibility index (Phi) is 7.15. The van der Waals surface area contributed by atoms with E-state index in [0.29, 0.717) is 0 Å². The SMILES string of the molecule is Nc1nc2c(ncn2[C@@H]2O[C@@H]3CNS(=O)(=O)O[C@H]4[C@@H](F)[C@H](n5cnc6c(N)ncnc65)O[C@@H]4COP(O)(=S)O[C@@H]2C3)c(=O)[nH]1. The zero-order chi connectivity index (χ0) is 31.0. The fraction of sp³-hybridized carbons (Fsp3) is 0.500. The number of nitrogens with one attached hydrogen (secondary N) is 2. The van der Waals surface area contributed by atoms with Gasteiger partial charge in [0.15, 0.2) is 41.3 Å². The van der Waals surface area contributed by atoms with Crippen LogP contribution in [0.2, 0.25) is 0 Å². The number of nitrogens with zero attached hydrogens (tertiary/aromatic N) is 7. The molecular formula is C20H23FN11O9PS2. The zero-order valence-electron chi connectivity index (χ0n) is 22.0. The van der Waals surface area contributed by atoms with Crippen LogP contribution in [0.25, 0.3) is 22.3 Å². The normalized spacial score (nSPS) is 34.4. The van der Waals surface area contributed by atoms with Crippen LogP contribution in [-0.2, 0) is 44.8 Å². The molecule has 0 amide bonds. The summed E-state index contributed by atoms with van der Waals surface area (Å²) in [6, 6.07) is 0. The fourth-order valence-corrected chi connectivity index (χ4v) is 7.71. The van der Waals surface area contributed by atoms with Crippen molar-refractivity contribution in [2.75, 3.05) is 24.6 Å². The Morgan fingerprint density at radius 2 is 1.82 bits per heavy atom. The molecule has 0 aromatic carbocycles. The predicted octanol–water partition coefficient (Wildman–Crippen LogP) is -1.50. The lowest BCUT2D eigenvalue weighted by Gasteiger charge is -2.26. The molecule has 236 valence electrons. The van der Waals surface area contributed by atoms with Crippen molar-refractivity contribution in [1.29, 1.82) is 0 Å². The molecule has 44 heavy (non-hydrogen) atoms. The largest absolute Gasteiger partial charge is 0.382 e. The molecule has 24 heteroatoms. The topological polar surface area (TPSA) is 272 Å². The molecule has 7 rings (SSSR count). The van der Waals surface area contributed by atoms with E-state index in [9.17, 15) is 18.1 Å². The molecule has 8 atom stereocenters. The van der Waals surface area contributed by atoms with Crippen LogP contribution in [0, 0.1) is 0 Å². The van der Waals surface area contributed by atoms with Crippen molar-refractivity contribution in [3.8, 4) is 0 Å². The van der Waals surface area contributed by atoms with Gasteiger partial charge in [-0.3, -0.25) is 18.9 Å². The summed E-state index contributed by atoms with van der Waals surface area (Å²) in [5, 5.41) is 0. The summed E-state index contributed by atoms with van der Waals surface area (Å²) in [7, 11) is -4.61. The minimum Gasteiger partial charge on any atom is -0.382 e. The average molecular weight is 676 g/mol. The molecule has 3 saturated heterocycles. The highest BCUT2D eigenvalue weighted by Gasteiger charge is 2.51. The van der Waals surface area contributed by atoms with Gasteiger partial charge in [0.1, 0.15) is 30.2 Å². The van der Waals surface area contributed by atoms with Crippen LogP contribution < -0.4 is 21.7 Å². The summed E-state index contributed by atoms with van der Waals surface area (Å²) >= 11 is 5.24. The maximum atomic E-state index is 15.9. The number of nitrogens with two attached hydrogens (primary N) is 2. The first-order chi connectivity index (χ1) is 20.9. The van der Waals surface area contributed by atoms with Crippen LogP contribution in [-0.4, -0.2) is 96.1 Å². The van der Waals surface area contributed by atoms with Gasteiger partial charge < -0.3 is 34.9 Å². The van der Waals surface area contributed by atoms with Crippen LogP contribution in [0.5, 0.6) is 0 Å². The summed E-state index contributed by atoms with van der Waals surface area (Å²) in [5.74, 6) is -0.145. The van der Waals surface area contributed by atoms with E-state index in [0.717, 1.165) is 6.33 Å². The van der Waals surface area contributed by atoms with Gasteiger partial charge in [0.2, 0.25) is 5.95 Å². The number of rotatable bonds is 2. The standard InChI is InChI=1S/C20H23FN11O9PS2/c21-10-13-9(39-19(10)31-5-26-11-14(22)24-4-25-15(11)31)3-37-42(34,43)40-8-1-7(2-28-44(35,36)41-13)38-18(8)32-6-27-12-16(32)29-20(23)30-17(12)33/h4-10,13,18-19,28H,1-3H2,(H,34,43)(H2,22,24,25)(H3,23,29,30,33)/t7-,8+,9+,10+,13+,18+,19+,42?/m0/s1. The number of fused-ring (bicyclic) bond motifs is 5. The summed E-state index contributed by atoms with van der Waals surface area (Å²) in [6.45, 7) is -5.10. The van der Waals surface area contributed by atoms with Gasteiger partial charge in [-0.2, -0.15) is 18.1 Å². The van der Waals surface area contributed by atoms with Crippen LogP contribution in [0.3, 0.4) is 0 Å². The van der Waals surface area contributed by atoms with Gasteiger partial charge in [0.25, 0.3) is 5.56 Å². The average Bonchev–Trinajstić information content (AvgIpc) is 3.72. The quantitative estimate of drug-likeness (QED) is 0.151. The van der Waals surface area contributed by atoms with Gasteiger partial charge in [-0.05, 0) is 11.8 Å². The van der Waals surface area contributed by atoms with Crippen molar-refractivity contribution in [3.63, 3.8) is 0 Å². The molecule has 1 unspecified atom stereocenters. The number of halogens is 1. The first-order valence-electron chi connectivity index (χ1n) is 12.8. The summed E-state index contributed by atoms with van der Waals surface area (Å²) in [5.41, 5.74) is 11.2. The lowest BCUT2D eigenvalue weighted by molar-refractivity contribution is -0.0497. The number of aromatic amines is 1. The highest BCUT2D eigenvalue weighted by Crippen LogP contribution is 2.50. The number of nitrogen functional groups attached to an aromatic ring is 2. The van der Waals surface area contributed by atoms with E-state index < -0.39 is 72.2 Å². The Bertz CT molecular complexity index is 1980.